The van der Waals surface area contributed by atoms with Gasteiger partial charge in [-0.3, -0.25) is 4.98 Å². The van der Waals surface area contributed by atoms with Crippen molar-refractivity contribution >= 4 is 32.7 Å². The predicted octanol–water partition coefficient (Wildman–Crippen LogP) is 3.95. The third-order valence-corrected chi connectivity index (χ3v) is 7.87. The number of nitrogens with zero attached hydrogens (tertiary/aromatic N) is 4. The van der Waals surface area contributed by atoms with Crippen molar-refractivity contribution in [3.8, 4) is 0 Å². The zero-order chi connectivity index (χ0) is 20.4. The van der Waals surface area contributed by atoms with Crippen LogP contribution in [0.3, 0.4) is 0 Å². The maximum absolute atomic E-state index is 13.1. The Labute approximate surface area is 174 Å². The van der Waals surface area contributed by atoms with Crippen LogP contribution < -0.4 is 4.90 Å². The Kier molecular flexibility index (Phi) is 5.37. The molecule has 148 valence electrons. The molecule has 2 aromatic carbocycles. The zero-order valence-corrected chi connectivity index (χ0v) is 17.5. The van der Waals surface area contributed by atoms with Crippen molar-refractivity contribution in [2.75, 3.05) is 18.5 Å². The van der Waals surface area contributed by atoms with Gasteiger partial charge in [0, 0.05) is 36.4 Å². The Morgan fingerprint density at radius 2 is 2.07 bits per heavy atom. The van der Waals surface area contributed by atoms with Gasteiger partial charge in [0.15, 0.2) is 5.69 Å². The number of hydrogen-bond donors (Lipinski definition) is 0. The van der Waals surface area contributed by atoms with Crippen LogP contribution in [0.5, 0.6) is 0 Å². The highest BCUT2D eigenvalue weighted by molar-refractivity contribution is 7.89. The molecule has 0 fully saturated rings. The summed E-state index contributed by atoms with van der Waals surface area (Å²) in [7, 11) is -1.97. The van der Waals surface area contributed by atoms with Crippen LogP contribution in [-0.2, 0) is 23.0 Å². The topological polar surface area (TPSA) is 57.9 Å². The molecule has 29 heavy (non-hydrogen) atoms. The monoisotopic (exact) mass is 424 g/mol. The number of fused-ring (bicyclic) bond motifs is 1. The van der Waals surface area contributed by atoms with E-state index in [1.807, 2.05) is 24.4 Å². The Morgan fingerprint density at radius 1 is 1.28 bits per heavy atom. The fourth-order valence-electron chi connectivity index (χ4n) is 3.64. The largest absolute Gasteiger partial charge is 0.365 e. The van der Waals surface area contributed by atoms with Crippen molar-refractivity contribution in [2.45, 2.75) is 23.9 Å². The summed E-state index contributed by atoms with van der Waals surface area (Å²) >= 11 is 1.58. The number of aromatic nitrogens is 1. The number of likely N-dealkylation sites (N-methyl/N-ethyl adjacent to an activating group) is 1. The molecular weight excluding hydrogens is 404 g/mol. The SMILES string of the molecule is [C-]#[N+]c1ccc2c(c1)C[C@H](N(C)S(=O)(=O)c1ccccc1)CN2Cc1cncs1. The predicted molar refractivity (Wildman–Crippen MR) is 115 cm³/mol. The van der Waals surface area contributed by atoms with Gasteiger partial charge in [-0.25, -0.2) is 13.3 Å². The number of rotatable bonds is 5. The molecule has 4 rings (SSSR count). The summed E-state index contributed by atoms with van der Waals surface area (Å²) in [4.78, 5) is 11.3. The van der Waals surface area contributed by atoms with Crippen molar-refractivity contribution < 1.29 is 8.42 Å². The molecule has 0 N–H and O–H groups in total. The second-order valence-electron chi connectivity index (χ2n) is 6.97. The van der Waals surface area contributed by atoms with Crippen molar-refractivity contribution in [1.82, 2.24) is 9.29 Å². The maximum atomic E-state index is 13.1. The van der Waals surface area contributed by atoms with Gasteiger partial charge < -0.3 is 4.90 Å². The lowest BCUT2D eigenvalue weighted by Crippen LogP contribution is -2.48. The molecule has 8 heteroatoms. The quantitative estimate of drug-likeness (QED) is 0.582. The Balaban J connectivity index is 1.69. The third-order valence-electron chi connectivity index (χ3n) is 5.18. The van der Waals surface area contributed by atoms with Gasteiger partial charge >= 0.3 is 0 Å². The standard InChI is InChI=1S/C21H20N4O2S2/c1-22-17-8-9-21-16(10-17)11-18(13-25(21)14-19-12-23-15-28-19)24(2)29(26,27)20-6-4-3-5-7-20/h3-10,12,15,18H,11,13-14H2,2H3/t18-/m0/s1. The molecule has 1 aliphatic rings. The molecule has 0 bridgehead atoms. The lowest BCUT2D eigenvalue weighted by Gasteiger charge is -2.39. The summed E-state index contributed by atoms with van der Waals surface area (Å²) in [6.07, 6.45) is 2.41. The van der Waals surface area contributed by atoms with Crippen LogP contribution in [0.2, 0.25) is 0 Å². The first-order valence-corrected chi connectivity index (χ1v) is 11.5. The van der Waals surface area contributed by atoms with E-state index in [2.05, 4.69) is 14.7 Å². The van der Waals surface area contributed by atoms with Gasteiger partial charge in [-0.1, -0.05) is 30.3 Å². The molecule has 1 atom stereocenters. The van der Waals surface area contributed by atoms with Crippen LogP contribution in [0.25, 0.3) is 4.85 Å². The van der Waals surface area contributed by atoms with E-state index in [9.17, 15) is 8.42 Å². The Hall–Kier alpha value is -2.73. The second kappa shape index (κ2) is 7.95. The molecule has 6 nitrogen and oxygen atoms in total. The lowest BCUT2D eigenvalue weighted by molar-refractivity contribution is 0.354. The fraction of sp³-hybridized carbons (Fsp3) is 0.238. The fourth-order valence-corrected chi connectivity index (χ4v) is 5.62. The van der Waals surface area contributed by atoms with Crippen molar-refractivity contribution in [2.24, 2.45) is 0 Å². The first-order chi connectivity index (χ1) is 14.0. The smallest absolute Gasteiger partial charge is 0.243 e. The Morgan fingerprint density at radius 3 is 2.76 bits per heavy atom. The van der Waals surface area contributed by atoms with E-state index in [1.165, 1.54) is 4.31 Å². The van der Waals surface area contributed by atoms with Gasteiger partial charge in [-0.15, -0.1) is 11.3 Å². The van der Waals surface area contributed by atoms with Gasteiger partial charge in [0.2, 0.25) is 10.0 Å². The van der Waals surface area contributed by atoms with E-state index in [4.69, 9.17) is 6.57 Å². The zero-order valence-electron chi connectivity index (χ0n) is 15.9. The Bertz CT molecular complexity index is 1140. The van der Waals surface area contributed by atoms with Crippen LogP contribution in [-0.4, -0.2) is 37.3 Å². The normalized spacial score (nSPS) is 16.4. The first-order valence-electron chi connectivity index (χ1n) is 9.15. The van der Waals surface area contributed by atoms with E-state index >= 15 is 0 Å². The highest BCUT2D eigenvalue weighted by Gasteiger charge is 2.33. The molecule has 1 aromatic heterocycles. The molecule has 0 spiro atoms. The average molecular weight is 425 g/mol. The number of anilines is 1. The number of hydrogen-bond acceptors (Lipinski definition) is 5. The van der Waals surface area contributed by atoms with Gasteiger partial charge in [0.05, 0.1) is 23.5 Å². The molecule has 0 saturated carbocycles. The van der Waals surface area contributed by atoms with Crippen molar-refractivity contribution in [3.05, 3.63) is 82.1 Å². The summed E-state index contributed by atoms with van der Waals surface area (Å²) < 4.78 is 27.7. The van der Waals surface area contributed by atoms with Gasteiger partial charge in [-0.2, -0.15) is 4.31 Å². The van der Waals surface area contributed by atoms with Crippen LogP contribution in [0.4, 0.5) is 11.4 Å². The molecular formula is C21H20N4O2S2. The second-order valence-corrected chi connectivity index (χ2v) is 9.93. The molecule has 2 heterocycles. The minimum absolute atomic E-state index is 0.235. The molecule has 1 aliphatic heterocycles. The van der Waals surface area contributed by atoms with E-state index in [1.54, 1.807) is 54.2 Å². The summed E-state index contributed by atoms with van der Waals surface area (Å²) in [6, 6.07) is 13.9. The van der Waals surface area contributed by atoms with E-state index in [0.29, 0.717) is 25.2 Å². The molecule has 0 radical (unpaired) electrons. The summed E-state index contributed by atoms with van der Waals surface area (Å²) in [5, 5.41) is 0. The first kappa shape index (κ1) is 19.6. The maximum Gasteiger partial charge on any atom is 0.243 e. The van der Waals surface area contributed by atoms with Gasteiger partial charge in [0.1, 0.15) is 0 Å². The minimum atomic E-state index is -3.61. The minimum Gasteiger partial charge on any atom is -0.365 e. The lowest BCUT2D eigenvalue weighted by atomic mass is 9.97. The molecule has 0 saturated heterocycles. The van der Waals surface area contributed by atoms with E-state index < -0.39 is 10.0 Å². The van der Waals surface area contributed by atoms with Crippen LogP contribution in [0.1, 0.15) is 10.4 Å². The number of benzene rings is 2. The number of thiazole rings is 1. The van der Waals surface area contributed by atoms with E-state index in [0.717, 1.165) is 16.1 Å². The molecule has 0 aliphatic carbocycles. The highest BCUT2D eigenvalue weighted by Crippen LogP contribution is 2.34. The van der Waals surface area contributed by atoms with Gasteiger partial charge in [-0.05, 0) is 30.2 Å². The highest BCUT2D eigenvalue weighted by atomic mass is 32.2. The average Bonchev–Trinajstić information content (AvgIpc) is 3.26. The third kappa shape index (κ3) is 3.90. The van der Waals surface area contributed by atoms with E-state index in [-0.39, 0.29) is 10.9 Å². The molecule has 3 aromatic rings. The number of sulfonamides is 1. The van der Waals surface area contributed by atoms with Crippen LogP contribution >= 0.6 is 11.3 Å². The summed E-state index contributed by atoms with van der Waals surface area (Å²) in [5.41, 5.74) is 4.41. The summed E-state index contributed by atoms with van der Waals surface area (Å²) in [5.74, 6) is 0. The van der Waals surface area contributed by atoms with Crippen LogP contribution in [0, 0.1) is 6.57 Å². The van der Waals surface area contributed by atoms with Crippen LogP contribution in [0.15, 0.2) is 65.1 Å². The van der Waals surface area contributed by atoms with Crippen molar-refractivity contribution in [3.63, 3.8) is 0 Å². The van der Waals surface area contributed by atoms with Crippen molar-refractivity contribution in [1.29, 1.82) is 0 Å². The molecule has 0 amide bonds. The summed E-state index contributed by atoms with van der Waals surface area (Å²) in [6.45, 7) is 8.55. The molecule has 0 unspecified atom stereocenters. The van der Waals surface area contributed by atoms with Gasteiger partial charge in [0.25, 0.3) is 0 Å².